The van der Waals surface area contributed by atoms with Gasteiger partial charge in [-0.15, -0.1) is 0 Å². The second-order valence-corrected chi connectivity index (χ2v) is 5.86. The van der Waals surface area contributed by atoms with E-state index >= 15 is 0 Å². The minimum atomic E-state index is -0.641. The van der Waals surface area contributed by atoms with E-state index in [4.69, 9.17) is 4.74 Å². The van der Waals surface area contributed by atoms with Gasteiger partial charge in [0.2, 0.25) is 6.10 Å². The number of carbonyl (C=O) groups is 2. The van der Waals surface area contributed by atoms with Crippen LogP contribution in [-0.4, -0.2) is 18.2 Å². The Hall–Kier alpha value is -2.62. The monoisotopic (exact) mass is 323 g/mol. The first-order valence-corrected chi connectivity index (χ1v) is 8.36. The number of hydrogen-bond acceptors (Lipinski definition) is 3. The Morgan fingerprint density at radius 2 is 1.88 bits per heavy atom. The maximum absolute atomic E-state index is 12.9. The topological polar surface area (TPSA) is 46.6 Å². The molecule has 2 aromatic carbocycles. The van der Waals surface area contributed by atoms with Crippen molar-refractivity contribution in [3.63, 3.8) is 0 Å². The number of ether oxygens (including phenoxy) is 1. The van der Waals surface area contributed by atoms with Crippen molar-refractivity contribution in [2.45, 2.75) is 32.8 Å². The van der Waals surface area contributed by atoms with Gasteiger partial charge in [-0.3, -0.25) is 9.59 Å². The van der Waals surface area contributed by atoms with Crippen LogP contribution in [0.1, 0.15) is 48.7 Å². The summed E-state index contributed by atoms with van der Waals surface area (Å²) in [6, 6.07) is 14.8. The van der Waals surface area contributed by atoms with Crippen LogP contribution in [0.2, 0.25) is 0 Å². The number of nitrogens with zero attached hydrogens (tertiary/aromatic N) is 1. The van der Waals surface area contributed by atoms with Gasteiger partial charge in [-0.05, 0) is 24.6 Å². The van der Waals surface area contributed by atoms with Gasteiger partial charge in [-0.1, -0.05) is 44.2 Å². The number of fused-ring (bicyclic) bond motifs is 1. The van der Waals surface area contributed by atoms with Gasteiger partial charge in [0.25, 0.3) is 5.91 Å². The lowest BCUT2D eigenvalue weighted by atomic mass is 10.0. The van der Waals surface area contributed by atoms with Crippen LogP contribution in [0.4, 0.5) is 5.69 Å². The zero-order valence-electron chi connectivity index (χ0n) is 14.0. The predicted octanol–water partition coefficient (Wildman–Crippen LogP) is 4.16. The third-order valence-electron chi connectivity index (χ3n) is 4.18. The lowest BCUT2D eigenvalue weighted by Gasteiger charge is -2.34. The molecule has 0 fully saturated rings. The lowest BCUT2D eigenvalue weighted by molar-refractivity contribution is -0.126. The number of rotatable bonds is 5. The van der Waals surface area contributed by atoms with Gasteiger partial charge in [0.05, 0.1) is 5.69 Å². The van der Waals surface area contributed by atoms with Gasteiger partial charge in [-0.25, -0.2) is 0 Å². The molecule has 0 saturated carbocycles. The van der Waals surface area contributed by atoms with Crippen LogP contribution in [-0.2, 0) is 4.79 Å². The number of benzene rings is 2. The van der Waals surface area contributed by atoms with Crippen molar-refractivity contribution in [1.29, 1.82) is 0 Å². The number of carbonyl (C=O) groups excluding carboxylic acids is 2. The van der Waals surface area contributed by atoms with Crippen molar-refractivity contribution in [1.82, 2.24) is 0 Å². The number of Topliss-reactive ketones (excluding diaryl/α,β-unsaturated/α-hetero) is 1. The second kappa shape index (κ2) is 6.87. The maximum atomic E-state index is 12.9. The zero-order chi connectivity index (χ0) is 17.1. The maximum Gasteiger partial charge on any atom is 0.272 e. The first kappa shape index (κ1) is 16.2. The van der Waals surface area contributed by atoms with E-state index < -0.39 is 6.10 Å². The Morgan fingerprint density at radius 1 is 1.12 bits per heavy atom. The normalized spacial score (nSPS) is 16.5. The zero-order valence-corrected chi connectivity index (χ0v) is 14.0. The van der Waals surface area contributed by atoms with E-state index in [1.807, 2.05) is 44.2 Å². The van der Waals surface area contributed by atoms with Gasteiger partial charge in [0.15, 0.2) is 5.78 Å². The SMILES string of the molecule is CCCN1C(=O)C(c2ccccc2)Oc2ccc(C(=O)CC)cc21. The van der Waals surface area contributed by atoms with Gasteiger partial charge >= 0.3 is 0 Å². The fourth-order valence-corrected chi connectivity index (χ4v) is 2.94. The molecule has 3 rings (SSSR count). The predicted molar refractivity (Wildman–Crippen MR) is 93.5 cm³/mol. The molecule has 1 amide bonds. The number of anilines is 1. The molecule has 0 N–H and O–H groups in total. The van der Waals surface area contributed by atoms with Crippen LogP contribution in [0.3, 0.4) is 0 Å². The van der Waals surface area contributed by atoms with E-state index in [2.05, 4.69) is 0 Å². The highest BCUT2D eigenvalue weighted by Crippen LogP contribution is 2.39. The highest BCUT2D eigenvalue weighted by molar-refractivity contribution is 6.03. The average molecular weight is 323 g/mol. The lowest BCUT2D eigenvalue weighted by Crippen LogP contribution is -2.41. The van der Waals surface area contributed by atoms with Gasteiger partial charge in [-0.2, -0.15) is 0 Å². The van der Waals surface area contributed by atoms with Crippen molar-refractivity contribution in [3.05, 3.63) is 59.7 Å². The van der Waals surface area contributed by atoms with Crippen LogP contribution in [0.15, 0.2) is 48.5 Å². The fourth-order valence-electron chi connectivity index (χ4n) is 2.94. The Morgan fingerprint density at radius 3 is 2.54 bits per heavy atom. The fraction of sp³-hybridized carbons (Fsp3) is 0.300. The minimum absolute atomic E-state index is 0.0619. The summed E-state index contributed by atoms with van der Waals surface area (Å²) < 4.78 is 5.97. The van der Waals surface area contributed by atoms with E-state index in [0.29, 0.717) is 30.0 Å². The highest BCUT2D eigenvalue weighted by Gasteiger charge is 2.35. The Labute approximate surface area is 142 Å². The molecule has 0 radical (unpaired) electrons. The molecular formula is C20H21NO3. The van der Waals surface area contributed by atoms with Crippen molar-refractivity contribution in [3.8, 4) is 5.75 Å². The molecule has 0 aliphatic carbocycles. The number of amides is 1. The van der Waals surface area contributed by atoms with Crippen molar-refractivity contribution in [2.24, 2.45) is 0 Å². The first-order chi connectivity index (χ1) is 11.7. The molecule has 1 heterocycles. The molecule has 0 spiro atoms. The van der Waals surface area contributed by atoms with Crippen molar-refractivity contribution >= 4 is 17.4 Å². The molecule has 0 aromatic heterocycles. The summed E-state index contributed by atoms with van der Waals surface area (Å²) in [7, 11) is 0. The molecule has 24 heavy (non-hydrogen) atoms. The van der Waals surface area contributed by atoms with Gasteiger partial charge < -0.3 is 9.64 Å². The van der Waals surface area contributed by atoms with Crippen LogP contribution < -0.4 is 9.64 Å². The van der Waals surface area contributed by atoms with Crippen LogP contribution in [0.5, 0.6) is 5.75 Å². The third-order valence-corrected chi connectivity index (χ3v) is 4.18. The van der Waals surface area contributed by atoms with Crippen molar-refractivity contribution in [2.75, 3.05) is 11.4 Å². The number of ketones is 1. The van der Waals surface area contributed by atoms with Crippen LogP contribution in [0.25, 0.3) is 0 Å². The molecule has 1 aliphatic heterocycles. The third kappa shape index (κ3) is 2.92. The minimum Gasteiger partial charge on any atom is -0.474 e. The van der Waals surface area contributed by atoms with E-state index in [1.54, 1.807) is 23.1 Å². The molecule has 4 nitrogen and oxygen atoms in total. The quantitative estimate of drug-likeness (QED) is 0.776. The molecule has 1 unspecified atom stereocenters. The van der Waals surface area contributed by atoms with E-state index in [9.17, 15) is 9.59 Å². The molecule has 1 aliphatic rings. The van der Waals surface area contributed by atoms with Crippen molar-refractivity contribution < 1.29 is 14.3 Å². The van der Waals surface area contributed by atoms with E-state index in [0.717, 1.165) is 12.0 Å². The Kier molecular flexibility index (Phi) is 4.65. The standard InChI is InChI=1S/C20H21NO3/c1-3-12-21-16-13-15(17(22)4-2)10-11-18(16)24-19(20(21)23)14-8-6-5-7-9-14/h5-11,13,19H,3-4,12H2,1-2H3. The summed E-state index contributed by atoms with van der Waals surface area (Å²) in [6.45, 7) is 4.46. The van der Waals surface area contributed by atoms with E-state index in [-0.39, 0.29) is 11.7 Å². The molecular weight excluding hydrogens is 302 g/mol. The molecule has 2 aromatic rings. The first-order valence-electron chi connectivity index (χ1n) is 8.36. The average Bonchev–Trinajstić information content (AvgIpc) is 2.63. The second-order valence-electron chi connectivity index (χ2n) is 5.86. The number of hydrogen-bond donors (Lipinski definition) is 0. The Balaban J connectivity index is 2.04. The summed E-state index contributed by atoms with van der Waals surface area (Å²) in [5.41, 5.74) is 2.14. The molecule has 1 atom stereocenters. The molecule has 0 saturated heterocycles. The molecule has 4 heteroatoms. The summed E-state index contributed by atoms with van der Waals surface area (Å²) in [4.78, 5) is 26.7. The largest absolute Gasteiger partial charge is 0.474 e. The highest BCUT2D eigenvalue weighted by atomic mass is 16.5. The smallest absolute Gasteiger partial charge is 0.272 e. The van der Waals surface area contributed by atoms with Crippen LogP contribution >= 0.6 is 0 Å². The van der Waals surface area contributed by atoms with Gasteiger partial charge in [0.1, 0.15) is 5.75 Å². The van der Waals surface area contributed by atoms with E-state index in [1.165, 1.54) is 0 Å². The van der Waals surface area contributed by atoms with Crippen LogP contribution in [0, 0.1) is 0 Å². The Bertz CT molecular complexity index is 755. The summed E-state index contributed by atoms with van der Waals surface area (Å²) in [5, 5.41) is 0. The molecule has 124 valence electrons. The summed E-state index contributed by atoms with van der Waals surface area (Å²) in [6.07, 6.45) is 0.630. The summed E-state index contributed by atoms with van der Waals surface area (Å²) in [5.74, 6) is 0.619. The summed E-state index contributed by atoms with van der Waals surface area (Å²) >= 11 is 0. The molecule has 0 bridgehead atoms. The van der Waals surface area contributed by atoms with Gasteiger partial charge in [0, 0.05) is 24.1 Å².